The normalized spacial score (nSPS) is 11.6. The first-order chi connectivity index (χ1) is 14.0. The molecule has 0 aliphatic carbocycles. The lowest BCUT2D eigenvalue weighted by atomic mass is 10.1. The van der Waals surface area contributed by atoms with Gasteiger partial charge in [0.15, 0.2) is 0 Å². The molecular weight excluding hydrogens is 354 g/mol. The first-order valence-electron chi connectivity index (χ1n) is 11.1. The molecule has 3 nitrogen and oxygen atoms in total. The lowest BCUT2D eigenvalue weighted by Gasteiger charge is -2.28. The van der Waals surface area contributed by atoms with Crippen molar-refractivity contribution >= 4 is 17.1 Å². The van der Waals surface area contributed by atoms with Gasteiger partial charge in [-0.3, -0.25) is 0 Å². The van der Waals surface area contributed by atoms with E-state index in [4.69, 9.17) is 0 Å². The summed E-state index contributed by atoms with van der Waals surface area (Å²) in [5.74, 6) is 0. The van der Waals surface area contributed by atoms with Crippen LogP contribution in [0.4, 0.5) is 11.4 Å². The van der Waals surface area contributed by atoms with Gasteiger partial charge >= 0.3 is 0 Å². The van der Waals surface area contributed by atoms with Gasteiger partial charge < -0.3 is 15.5 Å². The highest BCUT2D eigenvalue weighted by atomic mass is 15.1. The molecule has 0 fully saturated rings. The lowest BCUT2D eigenvalue weighted by Crippen LogP contribution is -2.26. The van der Waals surface area contributed by atoms with Crippen molar-refractivity contribution < 1.29 is 0 Å². The third-order valence-corrected chi connectivity index (χ3v) is 4.84. The Kier molecular flexibility index (Phi) is 11.6. The Hall–Kier alpha value is -2.42. The van der Waals surface area contributed by atoms with E-state index < -0.39 is 0 Å². The van der Waals surface area contributed by atoms with E-state index in [9.17, 15) is 0 Å². The van der Waals surface area contributed by atoms with Crippen LogP contribution in [0.5, 0.6) is 0 Å². The number of hydrogen-bond donors (Lipinski definition) is 2. The van der Waals surface area contributed by atoms with E-state index in [1.807, 2.05) is 19.1 Å². The molecule has 1 rings (SSSR count). The number of nitrogens with zero attached hydrogens (tertiary/aromatic N) is 1. The fourth-order valence-electron chi connectivity index (χ4n) is 3.11. The number of hydrogen-bond acceptors (Lipinski definition) is 3. The molecule has 0 radical (unpaired) electrons. The summed E-state index contributed by atoms with van der Waals surface area (Å²) in [6.45, 7) is 22.3. The number of rotatable bonds is 14. The minimum absolute atomic E-state index is 0.916. The molecule has 0 saturated heterocycles. The molecule has 0 aliphatic heterocycles. The van der Waals surface area contributed by atoms with Crippen molar-refractivity contribution in [3.05, 3.63) is 66.4 Å². The van der Waals surface area contributed by atoms with Crippen molar-refractivity contribution in [1.29, 1.82) is 0 Å². The maximum absolute atomic E-state index is 4.26. The van der Waals surface area contributed by atoms with Crippen molar-refractivity contribution in [2.75, 3.05) is 29.9 Å². The predicted molar refractivity (Wildman–Crippen MR) is 133 cm³/mol. The van der Waals surface area contributed by atoms with E-state index in [1.165, 1.54) is 12.1 Å². The van der Waals surface area contributed by atoms with Crippen LogP contribution in [0.25, 0.3) is 5.70 Å². The molecule has 3 heteroatoms. The van der Waals surface area contributed by atoms with Crippen LogP contribution in [-0.4, -0.2) is 19.6 Å². The minimum Gasteiger partial charge on any atom is -0.385 e. The maximum Gasteiger partial charge on any atom is 0.0628 e. The Bertz CT molecular complexity index is 707. The number of nitrogens with one attached hydrogen (secondary N) is 2. The van der Waals surface area contributed by atoms with Crippen molar-refractivity contribution in [2.24, 2.45) is 0 Å². The minimum atomic E-state index is 0.916. The zero-order chi connectivity index (χ0) is 21.6. The zero-order valence-corrected chi connectivity index (χ0v) is 19.3. The molecule has 0 amide bonds. The van der Waals surface area contributed by atoms with E-state index in [1.54, 1.807) is 0 Å². The highest BCUT2D eigenvalue weighted by molar-refractivity contribution is 5.78. The molecule has 1 aromatic rings. The topological polar surface area (TPSA) is 27.3 Å². The average Bonchev–Trinajstić information content (AvgIpc) is 2.71. The van der Waals surface area contributed by atoms with Crippen molar-refractivity contribution in [3.63, 3.8) is 0 Å². The van der Waals surface area contributed by atoms with Gasteiger partial charge in [-0.25, -0.2) is 0 Å². The maximum atomic E-state index is 4.26. The molecule has 2 N–H and O–H groups in total. The van der Waals surface area contributed by atoms with Crippen molar-refractivity contribution in [1.82, 2.24) is 5.32 Å². The number of allylic oxidation sites excluding steroid dienone is 4. The molecule has 0 aliphatic rings. The Morgan fingerprint density at radius 1 is 1.07 bits per heavy atom. The predicted octanol–water partition coefficient (Wildman–Crippen LogP) is 7.12. The molecule has 0 saturated carbocycles. The van der Waals surface area contributed by atoms with Crippen molar-refractivity contribution in [2.45, 2.75) is 60.3 Å². The van der Waals surface area contributed by atoms with Gasteiger partial charge in [0.25, 0.3) is 0 Å². The van der Waals surface area contributed by atoms with E-state index in [0.717, 1.165) is 67.1 Å². The standard InChI is InChI=1S/C26H41N3/c1-8-12-14-21(5)22(6)28-25-20-24(23(7)27-17-13-9-2)15-16-26(25)29(18-10-3)19-11-4/h8,12,14-16,20,27-28H,6-7,9-11,13,17-19H2,1-5H3/b12-8-,21-14+. The quantitative estimate of drug-likeness (QED) is 0.259. The molecule has 0 bridgehead atoms. The fourth-order valence-corrected chi connectivity index (χ4v) is 3.11. The summed E-state index contributed by atoms with van der Waals surface area (Å²) in [4.78, 5) is 2.46. The van der Waals surface area contributed by atoms with Crippen LogP contribution in [0.15, 0.2) is 60.9 Å². The van der Waals surface area contributed by atoms with Crippen LogP contribution < -0.4 is 15.5 Å². The van der Waals surface area contributed by atoms with Gasteiger partial charge in [-0.2, -0.15) is 0 Å². The number of unbranched alkanes of at least 4 members (excludes halogenated alkanes) is 1. The summed E-state index contributed by atoms with van der Waals surface area (Å²) >= 11 is 0. The Morgan fingerprint density at radius 2 is 1.76 bits per heavy atom. The van der Waals surface area contributed by atoms with Gasteiger partial charge in [-0.05, 0) is 56.4 Å². The van der Waals surface area contributed by atoms with Crippen LogP contribution >= 0.6 is 0 Å². The van der Waals surface area contributed by atoms with Crippen LogP contribution in [0.2, 0.25) is 0 Å². The fraction of sp³-hybridized carbons (Fsp3) is 0.462. The molecule has 160 valence electrons. The Balaban J connectivity index is 3.23. The first kappa shape index (κ1) is 24.6. The van der Waals surface area contributed by atoms with E-state index in [0.29, 0.717) is 0 Å². The second-order valence-electron chi connectivity index (χ2n) is 7.46. The zero-order valence-electron chi connectivity index (χ0n) is 19.3. The monoisotopic (exact) mass is 395 g/mol. The second-order valence-corrected chi connectivity index (χ2v) is 7.46. The molecule has 0 spiro atoms. The van der Waals surface area contributed by atoms with Crippen LogP contribution in [0.1, 0.15) is 65.9 Å². The molecule has 0 atom stereocenters. The molecular formula is C26H41N3. The highest BCUT2D eigenvalue weighted by Gasteiger charge is 2.13. The molecule has 29 heavy (non-hydrogen) atoms. The number of anilines is 2. The summed E-state index contributed by atoms with van der Waals surface area (Å²) in [5.41, 5.74) is 6.43. The highest BCUT2D eigenvalue weighted by Crippen LogP contribution is 2.31. The van der Waals surface area contributed by atoms with Gasteiger partial charge in [0, 0.05) is 31.0 Å². The summed E-state index contributed by atoms with van der Waals surface area (Å²) in [5, 5.41) is 7.02. The average molecular weight is 396 g/mol. The Morgan fingerprint density at radius 3 is 2.34 bits per heavy atom. The third-order valence-electron chi connectivity index (χ3n) is 4.84. The van der Waals surface area contributed by atoms with Crippen molar-refractivity contribution in [3.8, 4) is 0 Å². The second kappa shape index (κ2) is 13.7. The van der Waals surface area contributed by atoms with Gasteiger partial charge in [-0.1, -0.05) is 64.6 Å². The number of benzene rings is 1. The first-order valence-corrected chi connectivity index (χ1v) is 11.1. The Labute approximate surface area is 179 Å². The molecule has 0 unspecified atom stereocenters. The van der Waals surface area contributed by atoms with Gasteiger partial charge in [0.1, 0.15) is 0 Å². The summed E-state index contributed by atoms with van der Waals surface area (Å²) in [7, 11) is 0. The van der Waals surface area contributed by atoms with E-state index in [-0.39, 0.29) is 0 Å². The van der Waals surface area contributed by atoms with Gasteiger partial charge in [0.2, 0.25) is 0 Å². The SMILES string of the molecule is C=C(Nc1cc(C(=C)NCCCC)ccc1N(CCC)CCC)/C(C)=C/C=C\C. The van der Waals surface area contributed by atoms with E-state index in [2.05, 4.69) is 80.7 Å². The molecule has 0 heterocycles. The molecule has 1 aromatic carbocycles. The van der Waals surface area contributed by atoms with Gasteiger partial charge in [-0.15, -0.1) is 0 Å². The van der Waals surface area contributed by atoms with Crippen LogP contribution in [0, 0.1) is 0 Å². The van der Waals surface area contributed by atoms with E-state index >= 15 is 0 Å². The largest absolute Gasteiger partial charge is 0.385 e. The van der Waals surface area contributed by atoms with Crippen LogP contribution in [-0.2, 0) is 0 Å². The lowest BCUT2D eigenvalue weighted by molar-refractivity contribution is 0.743. The molecule has 0 aromatic heterocycles. The summed E-state index contributed by atoms with van der Waals surface area (Å²) < 4.78 is 0. The van der Waals surface area contributed by atoms with Crippen LogP contribution in [0.3, 0.4) is 0 Å². The van der Waals surface area contributed by atoms with Gasteiger partial charge in [0.05, 0.1) is 11.4 Å². The summed E-state index contributed by atoms with van der Waals surface area (Å²) in [6, 6.07) is 6.59. The summed E-state index contributed by atoms with van der Waals surface area (Å²) in [6.07, 6.45) is 10.7. The smallest absolute Gasteiger partial charge is 0.0628 e. The third kappa shape index (κ3) is 8.23.